The van der Waals surface area contributed by atoms with Gasteiger partial charge in [0.25, 0.3) is 0 Å². The smallest absolute Gasteiger partial charge is 0.191 e. The number of rotatable bonds is 7. The Labute approximate surface area is 170 Å². The second-order valence-corrected chi connectivity index (χ2v) is 6.50. The van der Waals surface area contributed by atoms with Crippen molar-refractivity contribution in [3.8, 4) is 0 Å². The first-order chi connectivity index (χ1) is 11.7. The van der Waals surface area contributed by atoms with E-state index in [0.29, 0.717) is 6.04 Å². The van der Waals surface area contributed by atoms with Crippen molar-refractivity contribution in [3.63, 3.8) is 0 Å². The largest absolute Gasteiger partial charge is 0.357 e. The fraction of sp³-hybridized carbons (Fsp3) is 0.550. The van der Waals surface area contributed by atoms with Crippen LogP contribution >= 0.6 is 24.0 Å². The van der Waals surface area contributed by atoms with E-state index >= 15 is 0 Å². The Bertz CT molecular complexity index is 519. The van der Waals surface area contributed by atoms with Crippen molar-refractivity contribution >= 4 is 29.9 Å². The normalized spacial score (nSPS) is 16.2. The highest BCUT2D eigenvalue weighted by Crippen LogP contribution is 2.10. The van der Waals surface area contributed by atoms with Crippen LogP contribution < -0.4 is 10.6 Å². The van der Waals surface area contributed by atoms with E-state index in [2.05, 4.69) is 60.2 Å². The number of aryl methyl sites for hydroxylation is 1. The van der Waals surface area contributed by atoms with Gasteiger partial charge in [-0.2, -0.15) is 0 Å². The monoisotopic (exact) mass is 456 g/mol. The summed E-state index contributed by atoms with van der Waals surface area (Å²) in [6, 6.07) is 9.24. The number of benzene rings is 1. The molecular weight excluding hydrogens is 423 g/mol. The predicted molar refractivity (Wildman–Crippen MR) is 119 cm³/mol. The highest BCUT2D eigenvalue weighted by atomic mass is 127. The molecule has 140 valence electrons. The van der Waals surface area contributed by atoms with Gasteiger partial charge in [0.2, 0.25) is 0 Å². The number of hydrogen-bond donors (Lipinski definition) is 2. The molecule has 1 aliphatic rings. The zero-order chi connectivity index (χ0) is 17.2. The van der Waals surface area contributed by atoms with E-state index < -0.39 is 0 Å². The number of likely N-dealkylation sites (tertiary alicyclic amines) is 1. The Morgan fingerprint density at radius 1 is 1.28 bits per heavy atom. The third-order valence-electron chi connectivity index (χ3n) is 4.45. The summed E-state index contributed by atoms with van der Waals surface area (Å²) in [4.78, 5) is 7.20. The van der Waals surface area contributed by atoms with Gasteiger partial charge in [-0.05, 0) is 38.7 Å². The number of aliphatic imine (C=N–C) groups is 1. The highest BCUT2D eigenvalue weighted by molar-refractivity contribution is 14.0. The standard InChI is InChI=1S/C20H32N4.HI/c1-4-14-24-15-11-19(12-16-24)23-20(21-5-2)22-13-10-18-8-6-17(3)7-9-18;/h4,6-9,19H,1,5,10-16H2,2-3H3,(H2,21,22,23);1H. The van der Waals surface area contributed by atoms with Gasteiger partial charge in [-0.3, -0.25) is 9.89 Å². The fourth-order valence-corrected chi connectivity index (χ4v) is 3.01. The van der Waals surface area contributed by atoms with E-state index in [-0.39, 0.29) is 24.0 Å². The van der Waals surface area contributed by atoms with Gasteiger partial charge >= 0.3 is 0 Å². The summed E-state index contributed by atoms with van der Waals surface area (Å²) < 4.78 is 0. The van der Waals surface area contributed by atoms with Crippen LogP contribution in [0.4, 0.5) is 0 Å². The molecule has 0 saturated carbocycles. The van der Waals surface area contributed by atoms with Crippen LogP contribution in [-0.4, -0.2) is 49.6 Å². The first kappa shape index (κ1) is 22.0. The Hall–Kier alpha value is -1.08. The molecule has 0 amide bonds. The Morgan fingerprint density at radius 2 is 1.96 bits per heavy atom. The van der Waals surface area contributed by atoms with Crippen LogP contribution in [0.1, 0.15) is 30.9 Å². The fourth-order valence-electron chi connectivity index (χ4n) is 3.01. The maximum Gasteiger partial charge on any atom is 0.191 e. The number of nitrogens with zero attached hydrogens (tertiary/aromatic N) is 2. The lowest BCUT2D eigenvalue weighted by molar-refractivity contribution is 0.225. The first-order valence-electron chi connectivity index (χ1n) is 9.15. The summed E-state index contributed by atoms with van der Waals surface area (Å²) in [6.07, 6.45) is 5.30. The van der Waals surface area contributed by atoms with Crippen LogP contribution in [0, 0.1) is 6.92 Å². The minimum absolute atomic E-state index is 0. The minimum Gasteiger partial charge on any atom is -0.357 e. The molecule has 1 aromatic rings. The van der Waals surface area contributed by atoms with Gasteiger partial charge in [-0.15, -0.1) is 30.6 Å². The summed E-state index contributed by atoms with van der Waals surface area (Å²) in [6.45, 7) is 13.0. The van der Waals surface area contributed by atoms with Crippen LogP contribution in [0.5, 0.6) is 0 Å². The average Bonchev–Trinajstić information content (AvgIpc) is 2.59. The highest BCUT2D eigenvalue weighted by Gasteiger charge is 2.18. The lowest BCUT2D eigenvalue weighted by Gasteiger charge is -2.32. The second kappa shape index (κ2) is 12.3. The quantitative estimate of drug-likeness (QED) is 0.286. The van der Waals surface area contributed by atoms with E-state index in [1.54, 1.807) is 0 Å². The minimum atomic E-state index is 0. The van der Waals surface area contributed by atoms with Crippen molar-refractivity contribution in [1.82, 2.24) is 15.5 Å². The van der Waals surface area contributed by atoms with Crippen LogP contribution in [0.25, 0.3) is 0 Å². The van der Waals surface area contributed by atoms with Crippen LogP contribution in [0.15, 0.2) is 41.9 Å². The summed E-state index contributed by atoms with van der Waals surface area (Å²) in [5.74, 6) is 0.951. The number of halogens is 1. The zero-order valence-electron chi connectivity index (χ0n) is 15.6. The van der Waals surface area contributed by atoms with Crippen molar-refractivity contribution in [1.29, 1.82) is 0 Å². The molecule has 0 unspecified atom stereocenters. The molecule has 1 aliphatic heterocycles. The van der Waals surface area contributed by atoms with E-state index in [1.165, 1.54) is 11.1 Å². The van der Waals surface area contributed by atoms with Crippen LogP contribution in [0.3, 0.4) is 0 Å². The van der Waals surface area contributed by atoms with Gasteiger partial charge < -0.3 is 10.6 Å². The van der Waals surface area contributed by atoms with Crippen molar-refractivity contribution in [2.75, 3.05) is 32.7 Å². The molecule has 4 nitrogen and oxygen atoms in total. The second-order valence-electron chi connectivity index (χ2n) is 6.50. The molecule has 0 aliphatic carbocycles. The number of piperidine rings is 1. The molecule has 2 N–H and O–H groups in total. The van der Waals surface area contributed by atoms with E-state index in [1.807, 2.05) is 6.08 Å². The number of guanidine groups is 1. The van der Waals surface area contributed by atoms with E-state index in [9.17, 15) is 0 Å². The summed E-state index contributed by atoms with van der Waals surface area (Å²) in [5, 5.41) is 6.97. The lowest BCUT2D eigenvalue weighted by atomic mass is 10.1. The third kappa shape index (κ3) is 8.23. The van der Waals surface area contributed by atoms with Crippen molar-refractivity contribution in [2.45, 2.75) is 39.2 Å². The SMILES string of the molecule is C=CCN1CCC(NC(=NCCc2ccc(C)cc2)NCC)CC1.I. The molecule has 1 fully saturated rings. The molecule has 5 heteroatoms. The molecule has 0 bridgehead atoms. The van der Waals surface area contributed by atoms with Crippen molar-refractivity contribution in [2.24, 2.45) is 4.99 Å². The first-order valence-corrected chi connectivity index (χ1v) is 9.15. The molecular formula is C20H33IN4. The zero-order valence-corrected chi connectivity index (χ0v) is 18.0. The molecule has 0 spiro atoms. The molecule has 0 aromatic heterocycles. The van der Waals surface area contributed by atoms with Gasteiger partial charge in [-0.25, -0.2) is 0 Å². The maximum atomic E-state index is 4.75. The van der Waals surface area contributed by atoms with Gasteiger partial charge in [0.05, 0.1) is 0 Å². The lowest BCUT2D eigenvalue weighted by Crippen LogP contribution is -2.48. The summed E-state index contributed by atoms with van der Waals surface area (Å²) >= 11 is 0. The van der Waals surface area contributed by atoms with Gasteiger partial charge in [0, 0.05) is 38.8 Å². The van der Waals surface area contributed by atoms with Gasteiger partial charge in [0.1, 0.15) is 0 Å². The molecule has 0 atom stereocenters. The number of hydrogen-bond acceptors (Lipinski definition) is 2. The third-order valence-corrected chi connectivity index (χ3v) is 4.45. The Morgan fingerprint density at radius 3 is 2.56 bits per heavy atom. The molecule has 0 radical (unpaired) electrons. The molecule has 2 rings (SSSR count). The molecule has 1 aromatic carbocycles. The van der Waals surface area contributed by atoms with Gasteiger partial charge in [-0.1, -0.05) is 35.9 Å². The Kier molecular flexibility index (Phi) is 10.8. The van der Waals surface area contributed by atoms with E-state index in [4.69, 9.17) is 4.99 Å². The van der Waals surface area contributed by atoms with Crippen LogP contribution in [-0.2, 0) is 6.42 Å². The molecule has 25 heavy (non-hydrogen) atoms. The molecule has 1 saturated heterocycles. The number of nitrogens with one attached hydrogen (secondary N) is 2. The van der Waals surface area contributed by atoms with Crippen molar-refractivity contribution in [3.05, 3.63) is 48.0 Å². The topological polar surface area (TPSA) is 39.7 Å². The summed E-state index contributed by atoms with van der Waals surface area (Å²) in [5.41, 5.74) is 2.65. The summed E-state index contributed by atoms with van der Waals surface area (Å²) in [7, 11) is 0. The predicted octanol–water partition coefficient (Wildman–Crippen LogP) is 3.36. The maximum absolute atomic E-state index is 4.75. The molecule has 1 heterocycles. The Balaban J connectivity index is 0.00000312. The van der Waals surface area contributed by atoms with Crippen LogP contribution in [0.2, 0.25) is 0 Å². The van der Waals surface area contributed by atoms with Gasteiger partial charge in [0.15, 0.2) is 5.96 Å². The van der Waals surface area contributed by atoms with E-state index in [0.717, 1.165) is 57.9 Å². The average molecular weight is 456 g/mol. The van der Waals surface area contributed by atoms with Crippen molar-refractivity contribution < 1.29 is 0 Å².